The lowest BCUT2D eigenvalue weighted by Gasteiger charge is -2.19. The van der Waals surface area contributed by atoms with Crippen molar-refractivity contribution in [3.63, 3.8) is 0 Å². The molecule has 0 saturated heterocycles. The van der Waals surface area contributed by atoms with E-state index in [4.69, 9.17) is 16.3 Å². The van der Waals surface area contributed by atoms with Crippen molar-refractivity contribution in [1.82, 2.24) is 9.97 Å². The van der Waals surface area contributed by atoms with Gasteiger partial charge in [-0.15, -0.1) is 0 Å². The summed E-state index contributed by atoms with van der Waals surface area (Å²) in [5.41, 5.74) is 14.2. The van der Waals surface area contributed by atoms with Gasteiger partial charge in [0.25, 0.3) is 5.91 Å². The monoisotopic (exact) mass is 377 g/mol. The molecular weight excluding hydrogens is 358 g/mol. The highest BCUT2D eigenvalue weighted by Gasteiger charge is 2.17. The van der Waals surface area contributed by atoms with Crippen molar-refractivity contribution in [3.8, 4) is 6.01 Å². The van der Waals surface area contributed by atoms with Gasteiger partial charge in [-0.3, -0.25) is 4.79 Å². The Hall–Kier alpha value is -4.14. The van der Waals surface area contributed by atoms with Crippen LogP contribution in [0.5, 0.6) is 6.01 Å². The van der Waals surface area contributed by atoms with E-state index >= 15 is 0 Å². The number of benzene rings is 2. The van der Waals surface area contributed by atoms with E-state index in [1.54, 1.807) is 24.3 Å². The van der Waals surface area contributed by atoms with E-state index < -0.39 is 5.91 Å². The molecule has 0 spiro atoms. The predicted molar refractivity (Wildman–Crippen MR) is 109 cm³/mol. The zero-order chi connectivity index (χ0) is 20.1. The first-order chi connectivity index (χ1) is 13.5. The molecule has 0 unspecified atom stereocenters. The minimum atomic E-state index is -0.673. The Bertz CT molecular complexity index is 1020. The van der Waals surface area contributed by atoms with Crippen molar-refractivity contribution in [2.24, 2.45) is 10.8 Å². The number of nitrogens with two attached hydrogens (primary N) is 2. The number of carbonyl (C=O) groups is 1. The molecule has 0 aliphatic carbocycles. The molecular formula is C19H19N7O2. The number of aryl methyl sites for hydroxylation is 1. The summed E-state index contributed by atoms with van der Waals surface area (Å²) in [6.07, 6.45) is 1.28. The number of hydrogen-bond donors (Lipinski definition) is 3. The minimum absolute atomic E-state index is 0.0733. The number of rotatable bonds is 7. The summed E-state index contributed by atoms with van der Waals surface area (Å²) in [5, 5.41) is 7.93. The second-order valence-electron chi connectivity index (χ2n) is 5.84. The molecule has 9 nitrogen and oxygen atoms in total. The molecule has 3 rings (SSSR count). The Morgan fingerprint density at radius 3 is 2.71 bits per heavy atom. The molecule has 0 aliphatic rings. The summed E-state index contributed by atoms with van der Waals surface area (Å²) in [6.45, 7) is 5.42. The molecule has 0 aliphatic heterocycles. The first-order valence-electron chi connectivity index (χ1n) is 8.27. The van der Waals surface area contributed by atoms with E-state index in [1.807, 2.05) is 31.2 Å². The van der Waals surface area contributed by atoms with Crippen LogP contribution in [0.1, 0.15) is 15.9 Å². The van der Waals surface area contributed by atoms with Gasteiger partial charge in [-0.1, -0.05) is 29.4 Å². The number of aromatic nitrogens is 2. The zero-order valence-electron chi connectivity index (χ0n) is 15.2. The normalized spacial score (nSPS) is 10.2. The van der Waals surface area contributed by atoms with Crippen molar-refractivity contribution in [3.05, 3.63) is 65.9 Å². The summed E-state index contributed by atoms with van der Waals surface area (Å²) in [5.74, 6) is -0.471. The van der Waals surface area contributed by atoms with Crippen LogP contribution in [0.25, 0.3) is 0 Å². The van der Waals surface area contributed by atoms with Crippen LogP contribution in [0.3, 0.4) is 0 Å². The molecule has 0 fully saturated rings. The predicted octanol–water partition coefficient (Wildman–Crippen LogP) is 2.63. The standard InChI is InChI=1S/C19H19N7O2/c1-12-6-5-7-13(10-12)24-18-14(17(21)27)11-23-19(25-18)28-26(22-2)16-9-4-3-8-15(16)20/h3-11H,2,20H2,1H3,(H2,21,27)(H,23,24,25). The highest BCUT2D eigenvalue weighted by atomic mass is 16.7. The van der Waals surface area contributed by atoms with Crippen molar-refractivity contribution >= 4 is 35.5 Å². The summed E-state index contributed by atoms with van der Waals surface area (Å²) in [6, 6.07) is 14.4. The molecule has 0 bridgehead atoms. The average Bonchev–Trinajstić information content (AvgIpc) is 2.67. The van der Waals surface area contributed by atoms with Crippen molar-refractivity contribution in [2.45, 2.75) is 6.92 Å². The molecule has 0 radical (unpaired) electrons. The third kappa shape index (κ3) is 4.15. The lowest BCUT2D eigenvalue weighted by Crippen LogP contribution is -2.23. The van der Waals surface area contributed by atoms with Gasteiger partial charge in [-0.25, -0.2) is 4.98 Å². The number of carbonyl (C=O) groups excluding carboxylic acids is 1. The highest BCUT2D eigenvalue weighted by Crippen LogP contribution is 2.25. The number of nitrogens with one attached hydrogen (secondary N) is 1. The molecule has 142 valence electrons. The van der Waals surface area contributed by atoms with Gasteiger partial charge in [-0.2, -0.15) is 10.1 Å². The number of anilines is 4. The van der Waals surface area contributed by atoms with Gasteiger partial charge in [0.1, 0.15) is 11.3 Å². The fraction of sp³-hybridized carbons (Fsp3) is 0.0526. The molecule has 1 aromatic heterocycles. The van der Waals surface area contributed by atoms with Crippen molar-refractivity contribution < 1.29 is 9.63 Å². The van der Waals surface area contributed by atoms with E-state index in [1.165, 1.54) is 6.20 Å². The van der Waals surface area contributed by atoms with Gasteiger partial charge in [0.2, 0.25) is 0 Å². The van der Waals surface area contributed by atoms with Crippen LogP contribution < -0.4 is 26.8 Å². The van der Waals surface area contributed by atoms with Crippen molar-refractivity contribution in [1.29, 1.82) is 0 Å². The molecule has 2 aromatic carbocycles. The van der Waals surface area contributed by atoms with E-state index in [2.05, 4.69) is 27.1 Å². The molecule has 0 atom stereocenters. The Balaban J connectivity index is 1.93. The van der Waals surface area contributed by atoms with Gasteiger partial charge in [0.05, 0.1) is 5.69 Å². The first kappa shape index (κ1) is 18.6. The molecule has 5 N–H and O–H groups in total. The molecule has 9 heteroatoms. The smallest absolute Gasteiger partial charge is 0.347 e. The fourth-order valence-electron chi connectivity index (χ4n) is 2.44. The van der Waals surface area contributed by atoms with E-state index in [9.17, 15) is 4.79 Å². The summed E-state index contributed by atoms with van der Waals surface area (Å²) in [7, 11) is 0. The molecule has 28 heavy (non-hydrogen) atoms. The Kier molecular flexibility index (Phi) is 5.35. The second kappa shape index (κ2) is 8.04. The van der Waals surface area contributed by atoms with Gasteiger partial charge < -0.3 is 21.6 Å². The fourth-order valence-corrected chi connectivity index (χ4v) is 2.44. The lowest BCUT2D eigenvalue weighted by molar-refractivity contribution is 0.100. The number of amides is 1. The van der Waals surface area contributed by atoms with Gasteiger partial charge in [0.15, 0.2) is 5.82 Å². The third-order valence-corrected chi connectivity index (χ3v) is 3.75. The number of hydrazone groups is 1. The summed E-state index contributed by atoms with van der Waals surface area (Å²) < 4.78 is 0. The zero-order valence-corrected chi connectivity index (χ0v) is 15.2. The summed E-state index contributed by atoms with van der Waals surface area (Å²) in [4.78, 5) is 25.6. The van der Waals surface area contributed by atoms with Crippen LogP contribution in [-0.2, 0) is 0 Å². The highest BCUT2D eigenvalue weighted by molar-refractivity contribution is 5.98. The maximum absolute atomic E-state index is 11.7. The Morgan fingerprint density at radius 1 is 1.25 bits per heavy atom. The van der Waals surface area contributed by atoms with Crippen LogP contribution in [0.4, 0.5) is 22.9 Å². The maximum atomic E-state index is 11.7. The van der Waals surface area contributed by atoms with Crippen LogP contribution in [0.2, 0.25) is 0 Å². The average molecular weight is 377 g/mol. The van der Waals surface area contributed by atoms with Crippen LogP contribution in [-0.4, -0.2) is 22.6 Å². The molecule has 1 amide bonds. The first-order valence-corrected chi connectivity index (χ1v) is 8.27. The van der Waals surface area contributed by atoms with Gasteiger partial charge in [0, 0.05) is 18.6 Å². The Morgan fingerprint density at radius 2 is 2.04 bits per heavy atom. The Labute approximate surface area is 161 Å². The topological polar surface area (TPSA) is 132 Å². The van der Waals surface area contributed by atoms with Crippen LogP contribution in [0, 0.1) is 6.92 Å². The number of nitrogens with zero attached hydrogens (tertiary/aromatic N) is 4. The lowest BCUT2D eigenvalue weighted by atomic mass is 10.2. The molecule has 1 heterocycles. The van der Waals surface area contributed by atoms with Crippen molar-refractivity contribution in [2.75, 3.05) is 16.2 Å². The number of hydrogen-bond acceptors (Lipinski definition) is 8. The molecule has 0 saturated carbocycles. The number of nitrogen functional groups attached to an aromatic ring is 1. The maximum Gasteiger partial charge on any atom is 0.347 e. The summed E-state index contributed by atoms with van der Waals surface area (Å²) >= 11 is 0. The van der Waals surface area contributed by atoms with E-state index in [0.29, 0.717) is 11.4 Å². The SMILES string of the molecule is C=NN(Oc1ncc(C(N)=O)c(Nc2cccc(C)c2)n1)c1ccccc1N. The van der Waals surface area contributed by atoms with Gasteiger partial charge >= 0.3 is 6.01 Å². The van der Waals surface area contributed by atoms with E-state index in [0.717, 1.165) is 16.4 Å². The quantitative estimate of drug-likeness (QED) is 0.327. The minimum Gasteiger partial charge on any atom is -0.397 e. The largest absolute Gasteiger partial charge is 0.397 e. The number of para-hydroxylation sites is 2. The third-order valence-electron chi connectivity index (χ3n) is 3.75. The van der Waals surface area contributed by atoms with Gasteiger partial charge in [-0.05, 0) is 36.8 Å². The van der Waals surface area contributed by atoms with Crippen LogP contribution >= 0.6 is 0 Å². The second-order valence-corrected chi connectivity index (χ2v) is 5.84. The number of primary amides is 1. The molecule has 3 aromatic rings. The van der Waals surface area contributed by atoms with Crippen LogP contribution in [0.15, 0.2) is 59.8 Å². The van der Waals surface area contributed by atoms with E-state index in [-0.39, 0.29) is 17.4 Å².